The van der Waals surface area contributed by atoms with Crippen molar-refractivity contribution in [3.63, 3.8) is 0 Å². The Bertz CT molecular complexity index is 294. The molecule has 0 bridgehead atoms. The zero-order valence-electron chi connectivity index (χ0n) is 8.53. The molecule has 1 N–H and O–H groups in total. The standard InChI is InChI=1S/C12H17NS/c1-13-10-12-8-3-2-6-11(12)7-4-5-9-14/h2-4,6-8,13-14H,5,9-10H2,1H3. The van der Waals surface area contributed by atoms with Crippen LogP contribution >= 0.6 is 12.6 Å². The lowest BCUT2D eigenvalue weighted by Gasteiger charge is -2.04. The average molecular weight is 207 g/mol. The van der Waals surface area contributed by atoms with E-state index in [9.17, 15) is 0 Å². The van der Waals surface area contributed by atoms with Crippen molar-refractivity contribution in [2.75, 3.05) is 12.8 Å². The molecule has 0 radical (unpaired) electrons. The first-order valence-corrected chi connectivity index (χ1v) is 5.51. The highest BCUT2D eigenvalue weighted by molar-refractivity contribution is 7.80. The van der Waals surface area contributed by atoms with Gasteiger partial charge in [0.1, 0.15) is 0 Å². The third-order valence-electron chi connectivity index (χ3n) is 2.02. The summed E-state index contributed by atoms with van der Waals surface area (Å²) in [6.07, 6.45) is 5.36. The molecular formula is C12H17NS. The average Bonchev–Trinajstić information content (AvgIpc) is 2.21. The Morgan fingerprint density at radius 2 is 2.14 bits per heavy atom. The van der Waals surface area contributed by atoms with Crippen LogP contribution in [-0.4, -0.2) is 12.8 Å². The SMILES string of the molecule is CNCc1ccccc1C=CCCS. The van der Waals surface area contributed by atoms with E-state index < -0.39 is 0 Å². The maximum Gasteiger partial charge on any atom is 0.0208 e. The van der Waals surface area contributed by atoms with Crippen molar-refractivity contribution in [1.82, 2.24) is 5.32 Å². The van der Waals surface area contributed by atoms with E-state index in [1.807, 2.05) is 7.05 Å². The lowest BCUT2D eigenvalue weighted by Crippen LogP contribution is -2.06. The first-order valence-electron chi connectivity index (χ1n) is 4.88. The van der Waals surface area contributed by atoms with Crippen molar-refractivity contribution < 1.29 is 0 Å². The van der Waals surface area contributed by atoms with Gasteiger partial charge in [0.15, 0.2) is 0 Å². The molecule has 0 amide bonds. The van der Waals surface area contributed by atoms with Crippen molar-refractivity contribution in [2.24, 2.45) is 0 Å². The molecule has 0 aliphatic carbocycles. The van der Waals surface area contributed by atoms with E-state index in [4.69, 9.17) is 0 Å². The summed E-state index contributed by atoms with van der Waals surface area (Å²) in [6.45, 7) is 0.918. The minimum Gasteiger partial charge on any atom is -0.316 e. The molecule has 1 nitrogen and oxygen atoms in total. The molecule has 1 aromatic rings. The van der Waals surface area contributed by atoms with E-state index in [1.165, 1.54) is 11.1 Å². The van der Waals surface area contributed by atoms with E-state index in [0.717, 1.165) is 18.7 Å². The Morgan fingerprint density at radius 1 is 1.36 bits per heavy atom. The van der Waals surface area contributed by atoms with Gasteiger partial charge < -0.3 is 5.32 Å². The van der Waals surface area contributed by atoms with Crippen LogP contribution in [0.2, 0.25) is 0 Å². The van der Waals surface area contributed by atoms with Gasteiger partial charge in [-0.2, -0.15) is 12.6 Å². The molecule has 0 heterocycles. The minimum atomic E-state index is 0.907. The van der Waals surface area contributed by atoms with E-state index in [0.29, 0.717) is 0 Å². The van der Waals surface area contributed by atoms with Crippen LogP contribution in [0.4, 0.5) is 0 Å². The zero-order chi connectivity index (χ0) is 10.2. The molecule has 0 saturated heterocycles. The molecular weight excluding hydrogens is 190 g/mol. The number of benzene rings is 1. The maximum absolute atomic E-state index is 4.17. The van der Waals surface area contributed by atoms with Gasteiger partial charge in [0.2, 0.25) is 0 Å². The third-order valence-corrected chi connectivity index (χ3v) is 2.27. The van der Waals surface area contributed by atoms with E-state index >= 15 is 0 Å². The molecule has 0 fully saturated rings. The summed E-state index contributed by atoms with van der Waals surface area (Å²) in [7, 11) is 1.97. The number of rotatable bonds is 5. The summed E-state index contributed by atoms with van der Waals surface area (Å²) < 4.78 is 0. The lowest BCUT2D eigenvalue weighted by molar-refractivity contribution is 0.816. The number of allylic oxidation sites excluding steroid dienone is 1. The second kappa shape index (κ2) is 6.68. The number of hydrogen-bond acceptors (Lipinski definition) is 2. The molecule has 0 unspecified atom stereocenters. The highest BCUT2D eigenvalue weighted by Crippen LogP contribution is 2.10. The van der Waals surface area contributed by atoms with Crippen molar-refractivity contribution in [2.45, 2.75) is 13.0 Å². The topological polar surface area (TPSA) is 12.0 Å². The van der Waals surface area contributed by atoms with Crippen LogP contribution < -0.4 is 5.32 Å². The second-order valence-electron chi connectivity index (χ2n) is 3.14. The van der Waals surface area contributed by atoms with Crippen LogP contribution in [0.1, 0.15) is 17.5 Å². The van der Waals surface area contributed by atoms with Crippen molar-refractivity contribution >= 4 is 18.7 Å². The van der Waals surface area contributed by atoms with E-state index in [2.05, 4.69) is 54.4 Å². The fourth-order valence-corrected chi connectivity index (χ4v) is 1.48. The van der Waals surface area contributed by atoms with E-state index in [1.54, 1.807) is 0 Å². The molecule has 0 aliphatic heterocycles. The highest BCUT2D eigenvalue weighted by Gasteiger charge is 1.95. The largest absolute Gasteiger partial charge is 0.316 e. The van der Waals surface area contributed by atoms with Gasteiger partial charge in [0.05, 0.1) is 0 Å². The summed E-state index contributed by atoms with van der Waals surface area (Å²) in [6, 6.07) is 8.43. The van der Waals surface area contributed by atoms with Crippen molar-refractivity contribution in [1.29, 1.82) is 0 Å². The van der Waals surface area contributed by atoms with Gasteiger partial charge in [-0.1, -0.05) is 36.4 Å². The Labute approximate surface area is 91.6 Å². The summed E-state index contributed by atoms with van der Waals surface area (Å²) >= 11 is 4.17. The predicted octanol–water partition coefficient (Wildman–Crippen LogP) is 2.74. The molecule has 0 aromatic heterocycles. The summed E-state index contributed by atoms with van der Waals surface area (Å²) in [5.41, 5.74) is 2.63. The van der Waals surface area contributed by atoms with Gasteiger partial charge in [-0.25, -0.2) is 0 Å². The molecule has 14 heavy (non-hydrogen) atoms. The molecule has 1 rings (SSSR count). The quantitative estimate of drug-likeness (QED) is 0.708. The maximum atomic E-state index is 4.17. The molecule has 0 spiro atoms. The van der Waals surface area contributed by atoms with Gasteiger partial charge in [-0.3, -0.25) is 0 Å². The fraction of sp³-hybridized carbons (Fsp3) is 0.333. The third kappa shape index (κ3) is 3.56. The van der Waals surface area contributed by atoms with Crippen LogP contribution in [-0.2, 0) is 6.54 Å². The van der Waals surface area contributed by atoms with Gasteiger partial charge in [0.25, 0.3) is 0 Å². The molecule has 0 saturated carbocycles. The predicted molar refractivity (Wildman–Crippen MR) is 66.7 cm³/mol. The first kappa shape index (κ1) is 11.3. The lowest BCUT2D eigenvalue weighted by atomic mass is 10.1. The molecule has 0 aliphatic rings. The summed E-state index contributed by atoms with van der Waals surface area (Å²) in [4.78, 5) is 0. The summed E-state index contributed by atoms with van der Waals surface area (Å²) in [5, 5.41) is 3.17. The monoisotopic (exact) mass is 207 g/mol. The molecule has 0 atom stereocenters. The highest BCUT2D eigenvalue weighted by atomic mass is 32.1. The van der Waals surface area contributed by atoms with Crippen LogP contribution in [0.3, 0.4) is 0 Å². The summed E-state index contributed by atoms with van der Waals surface area (Å²) in [5.74, 6) is 0.907. The second-order valence-corrected chi connectivity index (χ2v) is 3.59. The van der Waals surface area contributed by atoms with Crippen LogP contribution in [0.25, 0.3) is 6.08 Å². The molecule has 1 aromatic carbocycles. The number of thiol groups is 1. The van der Waals surface area contributed by atoms with Crippen LogP contribution in [0.15, 0.2) is 30.3 Å². The minimum absolute atomic E-state index is 0.907. The normalized spacial score (nSPS) is 11.0. The Hall–Kier alpha value is -0.730. The first-order chi connectivity index (χ1) is 6.88. The van der Waals surface area contributed by atoms with Crippen molar-refractivity contribution in [3.8, 4) is 0 Å². The van der Waals surface area contributed by atoms with Crippen molar-refractivity contribution in [3.05, 3.63) is 41.5 Å². The van der Waals surface area contributed by atoms with Gasteiger partial charge in [0, 0.05) is 6.54 Å². The van der Waals surface area contributed by atoms with Gasteiger partial charge >= 0.3 is 0 Å². The Kier molecular flexibility index (Phi) is 5.42. The van der Waals surface area contributed by atoms with Gasteiger partial charge in [-0.05, 0) is 30.3 Å². The van der Waals surface area contributed by atoms with Crippen LogP contribution in [0.5, 0.6) is 0 Å². The Balaban J connectivity index is 2.73. The fourth-order valence-electron chi connectivity index (χ4n) is 1.33. The number of nitrogens with one attached hydrogen (secondary N) is 1. The number of hydrogen-bond donors (Lipinski definition) is 2. The van der Waals surface area contributed by atoms with Crippen LogP contribution in [0, 0.1) is 0 Å². The smallest absolute Gasteiger partial charge is 0.0208 e. The van der Waals surface area contributed by atoms with E-state index in [-0.39, 0.29) is 0 Å². The zero-order valence-corrected chi connectivity index (χ0v) is 9.43. The molecule has 76 valence electrons. The molecule has 2 heteroatoms. The Morgan fingerprint density at radius 3 is 2.86 bits per heavy atom. The van der Waals surface area contributed by atoms with Gasteiger partial charge in [-0.15, -0.1) is 0 Å².